The Kier molecular flexibility index (Phi) is 4.53. The summed E-state index contributed by atoms with van der Waals surface area (Å²) in [6.45, 7) is 5.72. The van der Waals surface area contributed by atoms with Gasteiger partial charge in [0.2, 0.25) is 5.95 Å². The summed E-state index contributed by atoms with van der Waals surface area (Å²) in [6.07, 6.45) is 1.17. The van der Waals surface area contributed by atoms with E-state index in [4.69, 9.17) is 4.74 Å². The van der Waals surface area contributed by atoms with E-state index < -0.39 is 0 Å². The number of carbonyl (C=O) groups excluding carboxylic acids is 2. The first-order valence-corrected chi connectivity index (χ1v) is 8.22. The molecule has 0 saturated carbocycles. The fraction of sp³-hybridized carbons (Fsp3) is 0.368. The quantitative estimate of drug-likeness (QED) is 0.926. The molecule has 0 saturated heterocycles. The second-order valence-electron chi connectivity index (χ2n) is 7.05. The number of benzene rings is 1. The number of rotatable bonds is 4. The highest BCUT2D eigenvalue weighted by Gasteiger charge is 2.33. The molecule has 0 spiro atoms. The first-order valence-electron chi connectivity index (χ1n) is 8.22. The number of ketones is 1. The Morgan fingerprint density at radius 1 is 1.20 bits per heavy atom. The minimum Gasteiger partial charge on any atom is -0.484 e. The van der Waals surface area contributed by atoms with Crippen LogP contribution in [0.2, 0.25) is 0 Å². The molecular weight excluding hydrogens is 318 g/mol. The minimum atomic E-state index is -0.343. The van der Waals surface area contributed by atoms with Gasteiger partial charge in [-0.1, -0.05) is 32.0 Å². The summed E-state index contributed by atoms with van der Waals surface area (Å²) in [5.41, 5.74) is 1.76. The van der Waals surface area contributed by atoms with Gasteiger partial charge < -0.3 is 4.74 Å². The molecule has 1 amide bonds. The van der Waals surface area contributed by atoms with Crippen LogP contribution >= 0.6 is 0 Å². The summed E-state index contributed by atoms with van der Waals surface area (Å²) in [4.78, 5) is 33.1. The zero-order valence-electron chi connectivity index (χ0n) is 14.6. The molecule has 130 valence electrons. The maximum Gasteiger partial charge on any atom is 0.264 e. The highest BCUT2D eigenvalue weighted by atomic mass is 16.5. The third-order valence-corrected chi connectivity index (χ3v) is 4.09. The molecule has 25 heavy (non-hydrogen) atoms. The number of nitrogens with zero attached hydrogens (tertiary/aromatic N) is 2. The first kappa shape index (κ1) is 17.1. The van der Waals surface area contributed by atoms with Gasteiger partial charge in [-0.15, -0.1) is 0 Å². The van der Waals surface area contributed by atoms with Crippen LogP contribution in [0.15, 0.2) is 30.3 Å². The second kappa shape index (κ2) is 6.63. The molecule has 0 fully saturated rings. The number of para-hydroxylation sites is 1. The lowest BCUT2D eigenvalue weighted by atomic mass is 9.75. The van der Waals surface area contributed by atoms with Crippen molar-refractivity contribution >= 4 is 17.6 Å². The molecule has 0 bridgehead atoms. The van der Waals surface area contributed by atoms with Crippen LogP contribution in [-0.4, -0.2) is 28.3 Å². The minimum absolute atomic E-state index is 0.0639. The Labute approximate surface area is 146 Å². The predicted octanol–water partition coefficient (Wildman–Crippen LogP) is 2.96. The maximum atomic E-state index is 12.3. The lowest BCUT2D eigenvalue weighted by molar-refractivity contribution is -0.118. The molecule has 0 unspecified atom stereocenters. The largest absolute Gasteiger partial charge is 0.484 e. The van der Waals surface area contributed by atoms with E-state index in [1.807, 2.05) is 32.0 Å². The summed E-state index contributed by atoms with van der Waals surface area (Å²) in [5, 5.41) is 2.65. The normalized spacial score (nSPS) is 15.4. The molecule has 6 heteroatoms. The van der Waals surface area contributed by atoms with E-state index in [9.17, 15) is 9.59 Å². The molecule has 2 aromatic rings. The molecule has 1 aromatic carbocycles. The van der Waals surface area contributed by atoms with Crippen LogP contribution in [0.4, 0.5) is 5.95 Å². The topological polar surface area (TPSA) is 81.2 Å². The SMILES string of the molecule is Cc1nc(NC(=O)COc2ccccc2)nc2c1C(=O)CC(C)(C)C2. The average Bonchev–Trinajstić information content (AvgIpc) is 2.51. The number of hydrogen-bond acceptors (Lipinski definition) is 5. The monoisotopic (exact) mass is 339 g/mol. The van der Waals surface area contributed by atoms with E-state index in [-0.39, 0.29) is 29.7 Å². The number of anilines is 1. The highest BCUT2D eigenvalue weighted by Crippen LogP contribution is 2.35. The number of aromatic nitrogens is 2. The Balaban J connectivity index is 1.72. The molecule has 1 aromatic heterocycles. The summed E-state index contributed by atoms with van der Waals surface area (Å²) >= 11 is 0. The lowest BCUT2D eigenvalue weighted by Gasteiger charge is -2.30. The third kappa shape index (κ3) is 4.02. The van der Waals surface area contributed by atoms with Gasteiger partial charge in [0, 0.05) is 6.42 Å². The smallest absolute Gasteiger partial charge is 0.264 e. The molecule has 1 N–H and O–H groups in total. The van der Waals surface area contributed by atoms with Gasteiger partial charge in [0.05, 0.1) is 17.0 Å². The zero-order valence-corrected chi connectivity index (χ0v) is 14.6. The van der Waals surface area contributed by atoms with Crippen molar-refractivity contribution in [2.75, 3.05) is 11.9 Å². The Morgan fingerprint density at radius 2 is 1.92 bits per heavy atom. The Hall–Kier alpha value is -2.76. The molecule has 3 rings (SSSR count). The number of nitrogens with one attached hydrogen (secondary N) is 1. The average molecular weight is 339 g/mol. The molecule has 0 radical (unpaired) electrons. The van der Waals surface area contributed by atoms with E-state index in [1.165, 1.54) is 0 Å². The van der Waals surface area contributed by atoms with Crippen LogP contribution in [0.3, 0.4) is 0 Å². The Bertz CT molecular complexity index is 816. The van der Waals surface area contributed by atoms with Gasteiger partial charge in [-0.3, -0.25) is 14.9 Å². The summed E-state index contributed by atoms with van der Waals surface area (Å²) in [7, 11) is 0. The van der Waals surface area contributed by atoms with Crippen molar-refractivity contribution in [3.8, 4) is 5.75 Å². The van der Waals surface area contributed by atoms with Crippen LogP contribution in [0, 0.1) is 12.3 Å². The highest BCUT2D eigenvalue weighted by molar-refractivity contribution is 6.00. The molecular formula is C19H21N3O3. The number of Topliss-reactive ketones (excluding diaryl/α,β-unsaturated/α-hetero) is 1. The predicted molar refractivity (Wildman–Crippen MR) is 93.8 cm³/mol. The van der Waals surface area contributed by atoms with Crippen LogP contribution < -0.4 is 10.1 Å². The summed E-state index contributed by atoms with van der Waals surface area (Å²) in [6, 6.07) is 9.10. The fourth-order valence-corrected chi connectivity index (χ4v) is 3.04. The van der Waals surface area contributed by atoms with Crippen LogP contribution in [-0.2, 0) is 11.2 Å². The molecule has 1 aliphatic carbocycles. The van der Waals surface area contributed by atoms with Crippen molar-refractivity contribution in [3.05, 3.63) is 47.3 Å². The van der Waals surface area contributed by atoms with Crippen molar-refractivity contribution in [3.63, 3.8) is 0 Å². The zero-order chi connectivity index (χ0) is 18.0. The van der Waals surface area contributed by atoms with Crippen molar-refractivity contribution in [2.45, 2.75) is 33.6 Å². The fourth-order valence-electron chi connectivity index (χ4n) is 3.04. The van der Waals surface area contributed by atoms with Crippen LogP contribution in [0.5, 0.6) is 5.75 Å². The van der Waals surface area contributed by atoms with Gasteiger partial charge in [-0.25, -0.2) is 9.97 Å². The third-order valence-electron chi connectivity index (χ3n) is 4.09. The first-order chi connectivity index (χ1) is 11.8. The van der Waals surface area contributed by atoms with Crippen LogP contribution in [0.25, 0.3) is 0 Å². The second-order valence-corrected chi connectivity index (χ2v) is 7.05. The van der Waals surface area contributed by atoms with E-state index >= 15 is 0 Å². The summed E-state index contributed by atoms with van der Waals surface area (Å²) in [5.74, 6) is 0.551. The number of aryl methyl sites for hydroxylation is 1. The van der Waals surface area contributed by atoms with Crippen LogP contribution in [0.1, 0.15) is 42.0 Å². The Morgan fingerprint density at radius 3 is 2.64 bits per heavy atom. The number of carbonyl (C=O) groups is 2. The van der Waals surface area contributed by atoms with Crippen molar-refractivity contribution < 1.29 is 14.3 Å². The number of ether oxygens (including phenoxy) is 1. The molecule has 1 aliphatic rings. The van der Waals surface area contributed by atoms with E-state index in [1.54, 1.807) is 19.1 Å². The van der Waals surface area contributed by atoms with E-state index in [2.05, 4.69) is 15.3 Å². The van der Waals surface area contributed by atoms with Gasteiger partial charge in [-0.2, -0.15) is 0 Å². The van der Waals surface area contributed by atoms with Gasteiger partial charge in [0.1, 0.15) is 5.75 Å². The van der Waals surface area contributed by atoms with Crippen molar-refractivity contribution in [1.82, 2.24) is 9.97 Å². The lowest BCUT2D eigenvalue weighted by Crippen LogP contribution is -2.30. The van der Waals surface area contributed by atoms with E-state index in [0.29, 0.717) is 35.5 Å². The van der Waals surface area contributed by atoms with Gasteiger partial charge in [-0.05, 0) is 30.9 Å². The molecule has 0 atom stereocenters. The van der Waals surface area contributed by atoms with Gasteiger partial charge >= 0.3 is 0 Å². The van der Waals surface area contributed by atoms with E-state index in [0.717, 1.165) is 0 Å². The number of amides is 1. The maximum absolute atomic E-state index is 12.3. The van der Waals surface area contributed by atoms with Gasteiger partial charge in [0.15, 0.2) is 12.4 Å². The molecule has 1 heterocycles. The molecule has 6 nitrogen and oxygen atoms in total. The van der Waals surface area contributed by atoms with Gasteiger partial charge in [0.25, 0.3) is 5.91 Å². The van der Waals surface area contributed by atoms with Crippen molar-refractivity contribution in [1.29, 1.82) is 0 Å². The van der Waals surface area contributed by atoms with Crippen molar-refractivity contribution in [2.24, 2.45) is 5.41 Å². The number of hydrogen-bond donors (Lipinski definition) is 1. The number of fused-ring (bicyclic) bond motifs is 1. The molecule has 0 aliphatic heterocycles. The summed E-state index contributed by atoms with van der Waals surface area (Å²) < 4.78 is 5.41. The standard InChI is InChI=1S/C19H21N3O3/c1-12-17-14(9-19(2,3)10-15(17)23)21-18(20-12)22-16(24)11-25-13-7-5-4-6-8-13/h4-8H,9-11H2,1-3H3,(H,20,21,22,24).